The molecule has 2 heterocycles. The van der Waals surface area contributed by atoms with Gasteiger partial charge in [-0.1, -0.05) is 121 Å². The zero-order valence-corrected chi connectivity index (χ0v) is 27.5. The van der Waals surface area contributed by atoms with Crippen LogP contribution < -0.4 is 4.90 Å². The molecule has 8 aromatic carbocycles. The number of nitrogens with zero attached hydrogens (tertiary/aromatic N) is 2. The Balaban J connectivity index is 1.18. The van der Waals surface area contributed by atoms with Crippen LogP contribution in [0, 0.1) is 0 Å². The average molecular weight is 655 g/mol. The fraction of sp³-hybridized carbons (Fsp3) is 0. The van der Waals surface area contributed by atoms with Crippen LogP contribution in [0.3, 0.4) is 0 Å². The monoisotopic (exact) mass is 654 g/mol. The molecule has 0 aliphatic heterocycles. The molecule has 0 saturated heterocycles. The van der Waals surface area contributed by atoms with E-state index in [9.17, 15) is 0 Å². The number of oxazole rings is 1. The van der Waals surface area contributed by atoms with Crippen molar-refractivity contribution in [1.29, 1.82) is 0 Å². The van der Waals surface area contributed by atoms with E-state index in [-0.39, 0.29) is 0 Å². The third kappa shape index (κ3) is 4.96. The summed E-state index contributed by atoms with van der Waals surface area (Å²) in [4.78, 5) is 7.16. The van der Waals surface area contributed by atoms with E-state index in [1.54, 1.807) is 0 Å². The molecular weight excluding hydrogens is 625 g/mol. The van der Waals surface area contributed by atoms with E-state index >= 15 is 0 Å². The Labute approximate surface area is 294 Å². The maximum absolute atomic E-state index is 6.61. The molecule has 0 amide bonds. The molecule has 4 heteroatoms. The lowest BCUT2D eigenvalue weighted by atomic mass is 9.97. The number of furan rings is 1. The van der Waals surface area contributed by atoms with Crippen molar-refractivity contribution in [2.45, 2.75) is 0 Å². The highest BCUT2D eigenvalue weighted by molar-refractivity contribution is 6.12. The van der Waals surface area contributed by atoms with Crippen LogP contribution in [0.4, 0.5) is 17.1 Å². The molecule has 4 nitrogen and oxygen atoms in total. The van der Waals surface area contributed by atoms with Crippen LogP contribution in [0.15, 0.2) is 191 Å². The van der Waals surface area contributed by atoms with Gasteiger partial charge in [-0.15, -0.1) is 0 Å². The van der Waals surface area contributed by atoms with Gasteiger partial charge in [0.15, 0.2) is 5.58 Å². The second-order valence-corrected chi connectivity index (χ2v) is 12.7. The molecule has 10 aromatic rings. The quantitative estimate of drug-likeness (QED) is 0.179. The van der Waals surface area contributed by atoms with Crippen LogP contribution in [0.2, 0.25) is 0 Å². The van der Waals surface area contributed by atoms with Crippen molar-refractivity contribution in [2.24, 2.45) is 0 Å². The normalized spacial score (nSPS) is 11.5. The SMILES string of the molecule is c1ccc(-c2ccccc2N(c2cccc(-c3cccc4ccccc34)c2)c2ccc3c(c2)oc2cccc(-c4nc5ccccc5o4)c23)cc1. The van der Waals surface area contributed by atoms with Crippen molar-refractivity contribution in [3.8, 4) is 33.7 Å². The third-order valence-corrected chi connectivity index (χ3v) is 9.70. The van der Waals surface area contributed by atoms with Crippen molar-refractivity contribution >= 4 is 60.9 Å². The lowest BCUT2D eigenvalue weighted by Gasteiger charge is -2.28. The predicted molar refractivity (Wildman–Crippen MR) is 210 cm³/mol. The summed E-state index contributed by atoms with van der Waals surface area (Å²) in [6, 6.07) is 63.5. The molecule has 0 fully saturated rings. The molecule has 0 saturated carbocycles. The molecule has 0 spiro atoms. The minimum absolute atomic E-state index is 0.581. The van der Waals surface area contributed by atoms with Crippen molar-refractivity contribution in [3.63, 3.8) is 0 Å². The first kappa shape index (κ1) is 29.0. The number of hydrogen-bond donors (Lipinski definition) is 0. The van der Waals surface area contributed by atoms with Gasteiger partial charge < -0.3 is 13.7 Å². The van der Waals surface area contributed by atoms with E-state index in [0.29, 0.717) is 5.89 Å². The summed E-state index contributed by atoms with van der Waals surface area (Å²) in [7, 11) is 0. The molecule has 10 rings (SSSR count). The molecule has 0 unspecified atom stereocenters. The fourth-order valence-electron chi connectivity index (χ4n) is 7.37. The molecule has 51 heavy (non-hydrogen) atoms. The van der Waals surface area contributed by atoms with E-state index in [1.165, 1.54) is 16.3 Å². The van der Waals surface area contributed by atoms with Gasteiger partial charge in [0.2, 0.25) is 5.89 Å². The van der Waals surface area contributed by atoms with E-state index < -0.39 is 0 Å². The maximum atomic E-state index is 6.61. The van der Waals surface area contributed by atoms with Crippen LogP contribution >= 0.6 is 0 Å². The van der Waals surface area contributed by atoms with Crippen molar-refractivity contribution in [1.82, 2.24) is 4.98 Å². The molecule has 0 aliphatic carbocycles. The summed E-state index contributed by atoms with van der Waals surface area (Å²) in [5.74, 6) is 0.581. The Morgan fingerprint density at radius 3 is 2.04 bits per heavy atom. The average Bonchev–Trinajstić information content (AvgIpc) is 3.80. The summed E-state index contributed by atoms with van der Waals surface area (Å²) in [5.41, 5.74) is 11.8. The van der Waals surface area contributed by atoms with Gasteiger partial charge >= 0.3 is 0 Å². The van der Waals surface area contributed by atoms with Gasteiger partial charge in [-0.25, -0.2) is 4.98 Å². The van der Waals surface area contributed by atoms with Crippen LogP contribution in [0.25, 0.3) is 77.5 Å². The van der Waals surface area contributed by atoms with Crippen LogP contribution in [-0.4, -0.2) is 4.98 Å². The van der Waals surface area contributed by atoms with E-state index in [0.717, 1.165) is 72.4 Å². The van der Waals surface area contributed by atoms with Gasteiger partial charge in [0.05, 0.1) is 5.69 Å². The molecule has 2 aromatic heterocycles. The highest BCUT2D eigenvalue weighted by Crippen LogP contribution is 2.45. The first-order chi connectivity index (χ1) is 25.3. The smallest absolute Gasteiger partial charge is 0.228 e. The largest absolute Gasteiger partial charge is 0.456 e. The predicted octanol–water partition coefficient (Wildman–Crippen LogP) is 13.4. The van der Waals surface area contributed by atoms with Gasteiger partial charge in [-0.05, 0) is 82.1 Å². The number of benzene rings is 8. The summed E-state index contributed by atoms with van der Waals surface area (Å²) >= 11 is 0. The molecular formula is C47H30N2O2. The highest BCUT2D eigenvalue weighted by Gasteiger charge is 2.21. The van der Waals surface area contributed by atoms with Crippen LogP contribution in [0.5, 0.6) is 0 Å². The van der Waals surface area contributed by atoms with Crippen molar-refractivity contribution < 1.29 is 8.83 Å². The summed E-state index contributed by atoms with van der Waals surface area (Å²) in [6.45, 7) is 0. The molecule has 0 bridgehead atoms. The van der Waals surface area contributed by atoms with E-state index in [1.807, 2.05) is 36.4 Å². The van der Waals surface area contributed by atoms with Gasteiger partial charge in [-0.3, -0.25) is 0 Å². The first-order valence-electron chi connectivity index (χ1n) is 17.1. The van der Waals surface area contributed by atoms with Gasteiger partial charge in [-0.2, -0.15) is 0 Å². The second-order valence-electron chi connectivity index (χ2n) is 12.7. The zero-order chi connectivity index (χ0) is 33.7. The topological polar surface area (TPSA) is 42.4 Å². The molecule has 240 valence electrons. The van der Waals surface area contributed by atoms with Crippen LogP contribution in [0.1, 0.15) is 0 Å². The van der Waals surface area contributed by atoms with E-state index in [2.05, 4.69) is 150 Å². The van der Waals surface area contributed by atoms with Gasteiger partial charge in [0.1, 0.15) is 16.7 Å². The summed E-state index contributed by atoms with van der Waals surface area (Å²) in [5, 5.41) is 4.44. The Bertz CT molecular complexity index is 2850. The second kappa shape index (κ2) is 11.9. The maximum Gasteiger partial charge on any atom is 0.228 e. The number of aromatic nitrogens is 1. The minimum atomic E-state index is 0.581. The zero-order valence-electron chi connectivity index (χ0n) is 27.5. The lowest BCUT2D eigenvalue weighted by molar-refractivity contribution is 0.620. The number of para-hydroxylation sites is 3. The number of hydrogen-bond acceptors (Lipinski definition) is 4. The Morgan fingerprint density at radius 2 is 1.10 bits per heavy atom. The number of rotatable bonds is 6. The Morgan fingerprint density at radius 1 is 0.412 bits per heavy atom. The highest BCUT2D eigenvalue weighted by atomic mass is 16.3. The fourth-order valence-corrected chi connectivity index (χ4v) is 7.37. The molecule has 0 atom stereocenters. The third-order valence-electron chi connectivity index (χ3n) is 9.70. The van der Waals surface area contributed by atoms with Gasteiger partial charge in [0.25, 0.3) is 0 Å². The number of fused-ring (bicyclic) bond motifs is 5. The summed E-state index contributed by atoms with van der Waals surface area (Å²) in [6.07, 6.45) is 0. The molecule has 0 N–H and O–H groups in total. The number of anilines is 3. The Kier molecular flexibility index (Phi) is 6.78. The van der Waals surface area contributed by atoms with Crippen molar-refractivity contribution in [3.05, 3.63) is 182 Å². The molecule has 0 radical (unpaired) electrons. The standard InChI is InChI=1S/C47H30N2O2/c1-2-13-32(14-3-1)38-20-6-8-24-42(38)49(34-18-10-17-33(29-34)37-21-11-16-31-15-4-5-19-36(31)37)35-27-28-39-45(30-35)50-44-26-12-22-40(46(39)44)47-48-41-23-7-9-25-43(41)51-47/h1-30H. The van der Waals surface area contributed by atoms with Crippen molar-refractivity contribution in [2.75, 3.05) is 4.90 Å². The molecule has 0 aliphatic rings. The minimum Gasteiger partial charge on any atom is -0.456 e. The van der Waals surface area contributed by atoms with Crippen LogP contribution in [-0.2, 0) is 0 Å². The Hall–Kier alpha value is -6.91. The lowest BCUT2D eigenvalue weighted by Crippen LogP contribution is -2.11. The van der Waals surface area contributed by atoms with E-state index in [4.69, 9.17) is 13.8 Å². The first-order valence-corrected chi connectivity index (χ1v) is 17.1. The van der Waals surface area contributed by atoms with Gasteiger partial charge in [0, 0.05) is 39.3 Å². The summed E-state index contributed by atoms with van der Waals surface area (Å²) < 4.78 is 12.8.